The minimum absolute atomic E-state index is 0.136. The first-order chi connectivity index (χ1) is 17.1. The standard InChI is InChI=1S/C26H23FN6OS/c27-19-6-1-2-7-20(19)30-23(34)12-17-33-25(24(31-26(33)35)21-8-3-4-13-29-21)22-9-5-16-32(22)18-10-14-28-15-11-18/h1-11,13-16,24-25H,12,17H2,(H,30,34)(H,31,35). The topological polar surface area (TPSA) is 75.1 Å². The summed E-state index contributed by atoms with van der Waals surface area (Å²) in [5.41, 5.74) is 2.97. The van der Waals surface area contributed by atoms with E-state index in [0.717, 1.165) is 17.1 Å². The van der Waals surface area contributed by atoms with Crippen LogP contribution in [0.15, 0.2) is 91.5 Å². The Kier molecular flexibility index (Phi) is 6.49. The molecule has 0 aliphatic carbocycles. The van der Waals surface area contributed by atoms with Crippen LogP contribution >= 0.6 is 12.2 Å². The molecule has 4 heterocycles. The van der Waals surface area contributed by atoms with Gasteiger partial charge in [-0.1, -0.05) is 18.2 Å². The second-order valence-electron chi connectivity index (χ2n) is 8.11. The molecule has 1 fully saturated rings. The van der Waals surface area contributed by atoms with E-state index in [-0.39, 0.29) is 30.1 Å². The van der Waals surface area contributed by atoms with E-state index in [1.54, 1.807) is 30.7 Å². The van der Waals surface area contributed by atoms with Crippen molar-refractivity contribution in [2.24, 2.45) is 0 Å². The molecule has 35 heavy (non-hydrogen) atoms. The van der Waals surface area contributed by atoms with Gasteiger partial charge in [0, 0.05) is 49.1 Å². The van der Waals surface area contributed by atoms with E-state index in [0.29, 0.717) is 11.7 Å². The van der Waals surface area contributed by atoms with E-state index >= 15 is 0 Å². The maximum Gasteiger partial charge on any atom is 0.226 e. The molecule has 0 radical (unpaired) electrons. The first-order valence-electron chi connectivity index (χ1n) is 11.2. The zero-order valence-corrected chi connectivity index (χ0v) is 19.5. The average Bonchev–Trinajstić information content (AvgIpc) is 3.49. The van der Waals surface area contributed by atoms with Crippen molar-refractivity contribution in [3.05, 3.63) is 109 Å². The van der Waals surface area contributed by atoms with Crippen LogP contribution in [0.25, 0.3) is 5.69 Å². The minimum Gasteiger partial charge on any atom is -0.352 e. The molecule has 1 aromatic carbocycles. The molecule has 3 aromatic heterocycles. The summed E-state index contributed by atoms with van der Waals surface area (Å²) in [5, 5.41) is 6.58. The molecule has 0 saturated carbocycles. The molecule has 1 aliphatic heterocycles. The third kappa shape index (κ3) is 4.76. The van der Waals surface area contributed by atoms with Crippen LogP contribution in [0.2, 0.25) is 0 Å². The van der Waals surface area contributed by atoms with E-state index in [1.807, 2.05) is 53.6 Å². The van der Waals surface area contributed by atoms with E-state index in [4.69, 9.17) is 12.2 Å². The lowest BCUT2D eigenvalue weighted by atomic mass is 10.0. The molecule has 2 atom stereocenters. The maximum atomic E-state index is 14.0. The molecule has 1 aliphatic rings. The maximum absolute atomic E-state index is 14.0. The van der Waals surface area contributed by atoms with Gasteiger partial charge in [-0.2, -0.15) is 0 Å². The van der Waals surface area contributed by atoms with E-state index in [2.05, 4.69) is 25.2 Å². The van der Waals surface area contributed by atoms with Gasteiger partial charge in [0.15, 0.2) is 5.11 Å². The lowest BCUT2D eigenvalue weighted by molar-refractivity contribution is -0.116. The van der Waals surface area contributed by atoms with Crippen LogP contribution in [0.5, 0.6) is 0 Å². The number of nitrogens with one attached hydrogen (secondary N) is 2. The molecule has 5 rings (SSSR count). The van der Waals surface area contributed by atoms with Crippen LogP contribution in [0.1, 0.15) is 29.9 Å². The van der Waals surface area contributed by atoms with Gasteiger partial charge in [0.1, 0.15) is 5.82 Å². The van der Waals surface area contributed by atoms with Crippen molar-refractivity contribution in [2.75, 3.05) is 11.9 Å². The summed E-state index contributed by atoms with van der Waals surface area (Å²) in [7, 11) is 0. The number of amides is 1. The Morgan fingerprint density at radius 2 is 1.83 bits per heavy atom. The van der Waals surface area contributed by atoms with Crippen molar-refractivity contribution in [1.82, 2.24) is 24.8 Å². The number of hydrogen-bond acceptors (Lipinski definition) is 4. The first-order valence-corrected chi connectivity index (χ1v) is 11.6. The van der Waals surface area contributed by atoms with Crippen LogP contribution < -0.4 is 10.6 Å². The number of anilines is 1. The number of nitrogens with zero attached hydrogens (tertiary/aromatic N) is 4. The molecule has 176 valence electrons. The highest BCUT2D eigenvalue weighted by molar-refractivity contribution is 7.80. The van der Waals surface area contributed by atoms with Crippen LogP contribution in [0, 0.1) is 5.82 Å². The number of pyridine rings is 2. The molecular weight excluding hydrogens is 463 g/mol. The summed E-state index contributed by atoms with van der Waals surface area (Å²) in [5.74, 6) is -0.759. The number of aromatic nitrogens is 3. The van der Waals surface area contributed by atoms with Gasteiger partial charge in [-0.3, -0.25) is 14.8 Å². The van der Waals surface area contributed by atoms with E-state index in [1.165, 1.54) is 12.1 Å². The number of carbonyl (C=O) groups excluding carboxylic acids is 1. The molecule has 4 aromatic rings. The largest absolute Gasteiger partial charge is 0.352 e. The molecule has 2 N–H and O–H groups in total. The van der Waals surface area contributed by atoms with Crippen molar-refractivity contribution in [1.29, 1.82) is 0 Å². The lowest BCUT2D eigenvalue weighted by Crippen LogP contribution is -2.33. The number of halogens is 1. The van der Waals surface area contributed by atoms with Gasteiger partial charge >= 0.3 is 0 Å². The van der Waals surface area contributed by atoms with Crippen molar-refractivity contribution < 1.29 is 9.18 Å². The number of hydrogen-bond donors (Lipinski definition) is 2. The van der Waals surface area contributed by atoms with Gasteiger partial charge in [0.25, 0.3) is 0 Å². The number of thiocarbonyl (C=S) groups is 1. The average molecular weight is 487 g/mol. The summed E-state index contributed by atoms with van der Waals surface area (Å²) in [6.07, 6.45) is 7.38. The fourth-order valence-corrected chi connectivity index (χ4v) is 4.67. The third-order valence-electron chi connectivity index (χ3n) is 5.95. The summed E-state index contributed by atoms with van der Waals surface area (Å²) >= 11 is 5.71. The molecule has 9 heteroatoms. The molecule has 1 amide bonds. The normalized spacial score (nSPS) is 17.3. The summed E-state index contributed by atoms with van der Waals surface area (Å²) < 4.78 is 16.1. The van der Waals surface area contributed by atoms with Gasteiger partial charge in [0.05, 0.1) is 23.5 Å². The Hall–Kier alpha value is -4.11. The van der Waals surface area contributed by atoms with Gasteiger partial charge in [0.2, 0.25) is 5.91 Å². The summed E-state index contributed by atoms with van der Waals surface area (Å²) in [6, 6.07) is 19.4. The van der Waals surface area contributed by atoms with Crippen LogP contribution in [0.4, 0.5) is 10.1 Å². The molecule has 0 spiro atoms. The predicted octanol–water partition coefficient (Wildman–Crippen LogP) is 4.41. The molecule has 7 nitrogen and oxygen atoms in total. The molecule has 1 saturated heterocycles. The molecular formula is C26H23FN6OS. The smallest absolute Gasteiger partial charge is 0.226 e. The fourth-order valence-electron chi connectivity index (χ4n) is 4.34. The van der Waals surface area contributed by atoms with Crippen LogP contribution in [-0.2, 0) is 4.79 Å². The molecule has 2 unspecified atom stereocenters. The third-order valence-corrected chi connectivity index (χ3v) is 6.30. The Balaban J connectivity index is 1.44. The number of rotatable bonds is 7. The van der Waals surface area contributed by atoms with Gasteiger partial charge in [-0.15, -0.1) is 0 Å². The summed E-state index contributed by atoms with van der Waals surface area (Å²) in [6.45, 7) is 0.349. The first kappa shape index (κ1) is 22.7. The highest BCUT2D eigenvalue weighted by Gasteiger charge is 2.41. The van der Waals surface area contributed by atoms with Gasteiger partial charge < -0.3 is 20.1 Å². The number of carbonyl (C=O) groups is 1. The second-order valence-corrected chi connectivity index (χ2v) is 8.49. The monoisotopic (exact) mass is 486 g/mol. The van der Waals surface area contributed by atoms with Crippen molar-refractivity contribution in [3.8, 4) is 5.69 Å². The van der Waals surface area contributed by atoms with Crippen LogP contribution in [-0.4, -0.2) is 37.0 Å². The fraction of sp³-hybridized carbons (Fsp3) is 0.154. The predicted molar refractivity (Wildman–Crippen MR) is 135 cm³/mol. The SMILES string of the molecule is O=C(CCN1C(=S)NC(c2ccccn2)C1c1cccn1-c1ccncc1)Nc1ccccc1F. The Morgan fingerprint density at radius 1 is 1.03 bits per heavy atom. The Bertz CT molecular complexity index is 1330. The number of benzene rings is 1. The summed E-state index contributed by atoms with van der Waals surface area (Å²) in [4.78, 5) is 23.4. The van der Waals surface area contributed by atoms with Gasteiger partial charge in [-0.25, -0.2) is 4.39 Å². The number of para-hydroxylation sites is 1. The zero-order chi connectivity index (χ0) is 24.2. The van der Waals surface area contributed by atoms with E-state index < -0.39 is 5.82 Å². The molecule has 0 bridgehead atoms. The van der Waals surface area contributed by atoms with Gasteiger partial charge in [-0.05, 0) is 60.7 Å². The Labute approximate surface area is 207 Å². The van der Waals surface area contributed by atoms with Crippen LogP contribution in [0.3, 0.4) is 0 Å². The minimum atomic E-state index is -0.470. The lowest BCUT2D eigenvalue weighted by Gasteiger charge is -2.28. The second kappa shape index (κ2) is 10.0. The van der Waals surface area contributed by atoms with Crippen molar-refractivity contribution in [3.63, 3.8) is 0 Å². The Morgan fingerprint density at radius 3 is 2.60 bits per heavy atom. The van der Waals surface area contributed by atoms with Crippen molar-refractivity contribution in [2.45, 2.75) is 18.5 Å². The highest BCUT2D eigenvalue weighted by Crippen LogP contribution is 2.39. The zero-order valence-electron chi connectivity index (χ0n) is 18.7. The van der Waals surface area contributed by atoms with E-state index in [9.17, 15) is 9.18 Å². The highest BCUT2D eigenvalue weighted by atomic mass is 32.1. The quantitative estimate of drug-likeness (QED) is 0.377. The van der Waals surface area contributed by atoms with Crippen molar-refractivity contribution >= 4 is 28.9 Å².